The first-order chi connectivity index (χ1) is 8.65. The number of aliphatic carboxylic acids is 1. The van der Waals surface area contributed by atoms with Gasteiger partial charge in [-0.2, -0.15) is 0 Å². The van der Waals surface area contributed by atoms with Crippen LogP contribution in [0.25, 0.3) is 0 Å². The third kappa shape index (κ3) is 8.07. The second-order valence-corrected chi connectivity index (χ2v) is 4.70. The van der Waals surface area contributed by atoms with E-state index in [0.717, 1.165) is 32.2 Å². The Balaban J connectivity index is 3.67. The summed E-state index contributed by atoms with van der Waals surface area (Å²) in [5.41, 5.74) is 0. The molecule has 0 spiro atoms. The molecule has 0 aromatic carbocycles. The van der Waals surface area contributed by atoms with Crippen LogP contribution in [0, 0.1) is 11.8 Å². The van der Waals surface area contributed by atoms with Crippen LogP contribution < -0.4 is 5.32 Å². The van der Waals surface area contributed by atoms with E-state index in [1.54, 1.807) is 0 Å². The number of hydrogen-bond acceptors (Lipinski definition) is 2. The summed E-state index contributed by atoms with van der Waals surface area (Å²) in [5.74, 6) is -0.341. The molecule has 0 saturated carbocycles. The third-order valence-corrected chi connectivity index (χ3v) is 3.20. The fourth-order valence-electron chi connectivity index (χ4n) is 2.00. The van der Waals surface area contributed by atoms with Crippen LogP contribution >= 0.6 is 0 Å². The van der Waals surface area contributed by atoms with Gasteiger partial charge >= 0.3 is 5.97 Å². The number of rotatable bonds is 12. The smallest absolute Gasteiger partial charge is 0.307 e. The number of carboxylic acids is 1. The fraction of sp³-hybridized carbons (Fsp3) is 0.667. The quantitative estimate of drug-likeness (QED) is 0.415. The molecular formula is C15H27NO2. The predicted octanol–water partition coefficient (Wildman–Crippen LogP) is 3.24. The van der Waals surface area contributed by atoms with Crippen molar-refractivity contribution < 1.29 is 9.90 Å². The summed E-state index contributed by atoms with van der Waals surface area (Å²) in [6.45, 7) is 10.9. The lowest BCUT2D eigenvalue weighted by molar-refractivity contribution is -0.141. The molecule has 104 valence electrons. The van der Waals surface area contributed by atoms with Gasteiger partial charge in [-0.15, -0.1) is 13.2 Å². The van der Waals surface area contributed by atoms with Crippen LogP contribution in [0.2, 0.25) is 0 Å². The van der Waals surface area contributed by atoms with Gasteiger partial charge in [-0.05, 0) is 44.6 Å². The lowest BCUT2D eigenvalue weighted by Gasteiger charge is -2.14. The number of allylic oxidation sites excluding steroid dienone is 2. The van der Waals surface area contributed by atoms with Crippen LogP contribution in [0.1, 0.15) is 39.0 Å². The first-order valence-corrected chi connectivity index (χ1v) is 6.80. The highest BCUT2D eigenvalue weighted by Crippen LogP contribution is 2.16. The maximum Gasteiger partial charge on any atom is 0.307 e. The van der Waals surface area contributed by atoms with Crippen molar-refractivity contribution in [1.29, 1.82) is 0 Å². The molecule has 0 radical (unpaired) electrons. The summed E-state index contributed by atoms with van der Waals surface area (Å²) < 4.78 is 0. The van der Waals surface area contributed by atoms with E-state index < -0.39 is 5.97 Å². The van der Waals surface area contributed by atoms with E-state index in [2.05, 4.69) is 18.5 Å². The zero-order valence-corrected chi connectivity index (χ0v) is 11.5. The first-order valence-electron chi connectivity index (χ1n) is 6.80. The molecule has 0 aliphatic carbocycles. The van der Waals surface area contributed by atoms with Crippen molar-refractivity contribution in [1.82, 2.24) is 5.32 Å². The Hall–Kier alpha value is -1.09. The SMILES string of the molecule is C=CCC(CC=C)CCCNCC(CC)C(=O)O. The molecule has 0 aliphatic heterocycles. The molecular weight excluding hydrogens is 226 g/mol. The van der Waals surface area contributed by atoms with Gasteiger partial charge in [0.2, 0.25) is 0 Å². The third-order valence-electron chi connectivity index (χ3n) is 3.20. The van der Waals surface area contributed by atoms with Crippen LogP contribution in [0.3, 0.4) is 0 Å². The molecule has 18 heavy (non-hydrogen) atoms. The van der Waals surface area contributed by atoms with Crippen molar-refractivity contribution in [2.75, 3.05) is 13.1 Å². The Bertz CT molecular complexity index is 241. The molecule has 0 aromatic heterocycles. The number of carboxylic acid groups (broad SMARTS) is 1. The molecule has 1 atom stereocenters. The van der Waals surface area contributed by atoms with Gasteiger partial charge < -0.3 is 10.4 Å². The van der Waals surface area contributed by atoms with Gasteiger partial charge in [0.05, 0.1) is 5.92 Å². The van der Waals surface area contributed by atoms with Gasteiger partial charge in [-0.3, -0.25) is 4.79 Å². The van der Waals surface area contributed by atoms with Crippen molar-refractivity contribution in [3.63, 3.8) is 0 Å². The van der Waals surface area contributed by atoms with E-state index in [1.165, 1.54) is 0 Å². The summed E-state index contributed by atoms with van der Waals surface area (Å²) >= 11 is 0. The lowest BCUT2D eigenvalue weighted by atomic mass is 9.96. The molecule has 3 heteroatoms. The van der Waals surface area contributed by atoms with Gasteiger partial charge in [0.15, 0.2) is 0 Å². The summed E-state index contributed by atoms with van der Waals surface area (Å²) in [7, 11) is 0. The van der Waals surface area contributed by atoms with Crippen molar-refractivity contribution >= 4 is 5.97 Å². The van der Waals surface area contributed by atoms with Crippen LogP contribution in [0.15, 0.2) is 25.3 Å². The molecule has 0 aliphatic rings. The summed E-state index contributed by atoms with van der Waals surface area (Å²) in [4.78, 5) is 10.8. The molecule has 1 unspecified atom stereocenters. The standard InChI is InChI=1S/C15H27NO2/c1-4-8-13(9-5-2)10-7-11-16-12-14(6-3)15(17)18/h4-5,13-14,16H,1-2,6-12H2,3H3,(H,17,18). The van der Waals surface area contributed by atoms with Crippen LogP contribution in [-0.2, 0) is 4.79 Å². The van der Waals surface area contributed by atoms with Crippen LogP contribution in [0.4, 0.5) is 0 Å². The maximum absolute atomic E-state index is 10.8. The van der Waals surface area contributed by atoms with Gasteiger partial charge in [0, 0.05) is 6.54 Å². The average molecular weight is 253 g/mol. The van der Waals surface area contributed by atoms with E-state index in [-0.39, 0.29) is 5.92 Å². The number of nitrogens with one attached hydrogen (secondary N) is 1. The Morgan fingerprint density at radius 1 is 1.33 bits per heavy atom. The van der Waals surface area contributed by atoms with E-state index >= 15 is 0 Å². The summed E-state index contributed by atoms with van der Waals surface area (Å²) in [5, 5.41) is 12.1. The van der Waals surface area contributed by atoms with Gasteiger partial charge in [0.25, 0.3) is 0 Å². The van der Waals surface area contributed by atoms with Gasteiger partial charge in [0.1, 0.15) is 0 Å². The molecule has 0 rings (SSSR count). The van der Waals surface area contributed by atoms with Gasteiger partial charge in [-0.1, -0.05) is 19.1 Å². The molecule has 0 heterocycles. The summed E-state index contributed by atoms with van der Waals surface area (Å²) in [6, 6.07) is 0. The second-order valence-electron chi connectivity index (χ2n) is 4.70. The molecule has 0 saturated heterocycles. The fourth-order valence-corrected chi connectivity index (χ4v) is 2.00. The Morgan fingerprint density at radius 3 is 2.39 bits per heavy atom. The Labute approximate surface area is 111 Å². The minimum absolute atomic E-state index is 0.262. The highest BCUT2D eigenvalue weighted by Gasteiger charge is 2.13. The van der Waals surface area contributed by atoms with Gasteiger partial charge in [-0.25, -0.2) is 0 Å². The topological polar surface area (TPSA) is 49.3 Å². The minimum atomic E-state index is -0.707. The van der Waals surface area contributed by atoms with E-state index in [0.29, 0.717) is 18.9 Å². The number of carbonyl (C=O) groups is 1. The van der Waals surface area contributed by atoms with Crippen LogP contribution in [-0.4, -0.2) is 24.2 Å². The van der Waals surface area contributed by atoms with Crippen molar-refractivity contribution in [2.45, 2.75) is 39.0 Å². The van der Waals surface area contributed by atoms with Crippen molar-refractivity contribution in [3.05, 3.63) is 25.3 Å². The molecule has 0 bridgehead atoms. The Morgan fingerprint density at radius 2 is 1.94 bits per heavy atom. The van der Waals surface area contributed by atoms with E-state index in [9.17, 15) is 4.79 Å². The monoisotopic (exact) mass is 253 g/mol. The molecule has 0 amide bonds. The molecule has 0 fully saturated rings. The number of hydrogen-bond donors (Lipinski definition) is 2. The maximum atomic E-state index is 10.8. The molecule has 3 nitrogen and oxygen atoms in total. The zero-order valence-electron chi connectivity index (χ0n) is 11.5. The first kappa shape index (κ1) is 16.9. The van der Waals surface area contributed by atoms with E-state index in [4.69, 9.17) is 5.11 Å². The average Bonchev–Trinajstić information content (AvgIpc) is 2.33. The second kappa shape index (κ2) is 11.0. The largest absolute Gasteiger partial charge is 0.481 e. The van der Waals surface area contributed by atoms with Crippen LogP contribution in [0.5, 0.6) is 0 Å². The normalized spacial score (nSPS) is 12.3. The minimum Gasteiger partial charge on any atom is -0.481 e. The zero-order chi connectivity index (χ0) is 13.8. The van der Waals surface area contributed by atoms with Crippen molar-refractivity contribution in [3.8, 4) is 0 Å². The van der Waals surface area contributed by atoms with E-state index in [1.807, 2.05) is 19.1 Å². The highest BCUT2D eigenvalue weighted by molar-refractivity contribution is 5.70. The highest BCUT2D eigenvalue weighted by atomic mass is 16.4. The molecule has 2 N–H and O–H groups in total. The predicted molar refractivity (Wildman–Crippen MR) is 76.6 cm³/mol. The van der Waals surface area contributed by atoms with Crippen molar-refractivity contribution in [2.24, 2.45) is 11.8 Å². The molecule has 0 aromatic rings. The summed E-state index contributed by atoms with van der Waals surface area (Å²) in [6.07, 6.45) is 8.85. The Kier molecular flexibility index (Phi) is 10.4. The lowest BCUT2D eigenvalue weighted by Crippen LogP contribution is -2.28.